The summed E-state index contributed by atoms with van der Waals surface area (Å²) in [6.45, 7) is 0. The van der Waals surface area contributed by atoms with Crippen molar-refractivity contribution < 1.29 is 8.42 Å². The monoisotopic (exact) mass is 305 g/mol. The fraction of sp³-hybridized carbons (Fsp3) is 0.154. The van der Waals surface area contributed by atoms with Crippen molar-refractivity contribution in [1.29, 1.82) is 5.26 Å². The van der Waals surface area contributed by atoms with Crippen LogP contribution in [-0.2, 0) is 9.84 Å². The predicted octanol–water partition coefficient (Wildman–Crippen LogP) is 1.91. The molecule has 0 radical (unpaired) electrons. The molecule has 2 rings (SSSR count). The molecule has 1 aromatic heterocycles. The number of aromatic nitrogens is 2. The largest absolute Gasteiger partial charge is 0.231 e. The van der Waals surface area contributed by atoms with Gasteiger partial charge in [-0.25, -0.2) is 18.4 Å². The molecule has 0 saturated carbocycles. The molecular formula is C13H11N3O2S2. The van der Waals surface area contributed by atoms with E-state index in [1.807, 2.05) is 6.07 Å². The summed E-state index contributed by atoms with van der Waals surface area (Å²) in [7, 11) is -3.34. The van der Waals surface area contributed by atoms with Crippen molar-refractivity contribution in [2.75, 3.05) is 11.5 Å². The zero-order valence-electron chi connectivity index (χ0n) is 10.4. The molecule has 0 fully saturated rings. The van der Waals surface area contributed by atoms with Gasteiger partial charge in [-0.15, -0.1) is 0 Å². The van der Waals surface area contributed by atoms with Crippen molar-refractivity contribution in [2.45, 2.75) is 10.1 Å². The first-order chi connectivity index (χ1) is 9.62. The minimum atomic E-state index is -3.34. The van der Waals surface area contributed by atoms with E-state index < -0.39 is 9.84 Å². The highest BCUT2D eigenvalue weighted by molar-refractivity contribution is 8.00. The van der Waals surface area contributed by atoms with Gasteiger partial charge in [-0.3, -0.25) is 0 Å². The standard InChI is InChI=1S/C13H11N3O2S2/c14-10-11-2-4-12(5-3-11)20(17,18)9-8-19-13-15-6-1-7-16-13/h1-7H,8-9H2. The van der Waals surface area contributed by atoms with E-state index in [0.29, 0.717) is 16.5 Å². The van der Waals surface area contributed by atoms with Gasteiger partial charge in [-0.2, -0.15) is 5.26 Å². The van der Waals surface area contributed by atoms with Gasteiger partial charge in [-0.1, -0.05) is 11.8 Å². The molecule has 0 bridgehead atoms. The lowest BCUT2D eigenvalue weighted by Gasteiger charge is -2.04. The van der Waals surface area contributed by atoms with Gasteiger partial charge in [0.1, 0.15) is 0 Å². The summed E-state index contributed by atoms with van der Waals surface area (Å²) >= 11 is 1.30. The van der Waals surface area contributed by atoms with E-state index in [-0.39, 0.29) is 10.6 Å². The molecular weight excluding hydrogens is 294 g/mol. The first kappa shape index (κ1) is 14.5. The molecule has 102 valence electrons. The fourth-order valence-corrected chi connectivity index (χ4v) is 3.91. The number of sulfone groups is 1. The molecule has 0 amide bonds. The Labute approximate surface area is 121 Å². The summed E-state index contributed by atoms with van der Waals surface area (Å²) in [4.78, 5) is 8.26. The zero-order chi connectivity index (χ0) is 14.4. The molecule has 20 heavy (non-hydrogen) atoms. The van der Waals surface area contributed by atoms with Gasteiger partial charge in [0.15, 0.2) is 15.0 Å². The quantitative estimate of drug-likeness (QED) is 0.620. The van der Waals surface area contributed by atoms with E-state index >= 15 is 0 Å². The van der Waals surface area contributed by atoms with Crippen molar-refractivity contribution in [3.8, 4) is 6.07 Å². The van der Waals surface area contributed by atoms with Crippen LogP contribution >= 0.6 is 11.8 Å². The van der Waals surface area contributed by atoms with Crippen LogP contribution in [0.1, 0.15) is 5.56 Å². The SMILES string of the molecule is N#Cc1ccc(S(=O)(=O)CCSc2ncccn2)cc1. The summed E-state index contributed by atoms with van der Waals surface area (Å²) in [5, 5.41) is 9.24. The average molecular weight is 305 g/mol. The van der Waals surface area contributed by atoms with Crippen LogP contribution < -0.4 is 0 Å². The minimum Gasteiger partial charge on any atom is -0.231 e. The number of rotatable bonds is 5. The van der Waals surface area contributed by atoms with Crippen LogP contribution in [0.5, 0.6) is 0 Å². The van der Waals surface area contributed by atoms with Gasteiger partial charge in [0, 0.05) is 18.1 Å². The Kier molecular flexibility index (Phi) is 4.71. The molecule has 7 heteroatoms. The van der Waals surface area contributed by atoms with Crippen molar-refractivity contribution in [3.05, 3.63) is 48.3 Å². The number of nitriles is 1. The molecule has 5 nitrogen and oxygen atoms in total. The summed E-state index contributed by atoms with van der Waals surface area (Å²) in [6.07, 6.45) is 3.23. The Hall–Kier alpha value is -1.91. The number of hydrogen-bond donors (Lipinski definition) is 0. The third-order valence-electron chi connectivity index (χ3n) is 2.47. The van der Waals surface area contributed by atoms with E-state index in [0.717, 1.165) is 0 Å². The first-order valence-corrected chi connectivity index (χ1v) is 8.38. The van der Waals surface area contributed by atoms with Gasteiger partial charge in [0.05, 0.1) is 22.3 Å². The van der Waals surface area contributed by atoms with Gasteiger partial charge in [0.2, 0.25) is 0 Å². The minimum absolute atomic E-state index is 0.00181. The Morgan fingerprint density at radius 2 is 1.80 bits per heavy atom. The lowest BCUT2D eigenvalue weighted by molar-refractivity contribution is 0.597. The number of benzene rings is 1. The maximum Gasteiger partial charge on any atom is 0.187 e. The average Bonchev–Trinajstić information content (AvgIpc) is 2.48. The normalized spacial score (nSPS) is 10.9. The van der Waals surface area contributed by atoms with Crippen molar-refractivity contribution in [2.24, 2.45) is 0 Å². The molecule has 0 aliphatic carbocycles. The van der Waals surface area contributed by atoms with E-state index in [1.54, 1.807) is 18.5 Å². The van der Waals surface area contributed by atoms with E-state index in [4.69, 9.17) is 5.26 Å². The van der Waals surface area contributed by atoms with Gasteiger partial charge >= 0.3 is 0 Å². The van der Waals surface area contributed by atoms with Crippen molar-refractivity contribution in [3.63, 3.8) is 0 Å². The van der Waals surface area contributed by atoms with Gasteiger partial charge in [-0.05, 0) is 30.3 Å². The number of nitrogens with zero attached hydrogens (tertiary/aromatic N) is 3. The second kappa shape index (κ2) is 6.50. The summed E-state index contributed by atoms with van der Waals surface area (Å²) < 4.78 is 24.2. The van der Waals surface area contributed by atoms with E-state index in [1.165, 1.54) is 36.0 Å². The van der Waals surface area contributed by atoms with Crippen molar-refractivity contribution in [1.82, 2.24) is 9.97 Å². The second-order valence-corrected chi connectivity index (χ2v) is 7.01. The van der Waals surface area contributed by atoms with Crippen LogP contribution in [0.25, 0.3) is 0 Å². The van der Waals surface area contributed by atoms with Crippen LogP contribution in [0.15, 0.2) is 52.8 Å². The van der Waals surface area contributed by atoms with Gasteiger partial charge < -0.3 is 0 Å². The summed E-state index contributed by atoms with van der Waals surface area (Å²) in [5.41, 5.74) is 0.441. The molecule has 0 aliphatic heterocycles. The van der Waals surface area contributed by atoms with Crippen LogP contribution in [0.2, 0.25) is 0 Å². The topological polar surface area (TPSA) is 83.7 Å². The number of hydrogen-bond acceptors (Lipinski definition) is 6. The van der Waals surface area contributed by atoms with Crippen LogP contribution in [0.4, 0.5) is 0 Å². The van der Waals surface area contributed by atoms with Crippen LogP contribution in [0, 0.1) is 11.3 Å². The summed E-state index contributed by atoms with van der Waals surface area (Å²) in [5.74, 6) is 0.383. The predicted molar refractivity (Wildman–Crippen MR) is 76.0 cm³/mol. The van der Waals surface area contributed by atoms with Crippen LogP contribution in [0.3, 0.4) is 0 Å². The lowest BCUT2D eigenvalue weighted by Crippen LogP contribution is -2.09. The molecule has 0 unspecified atom stereocenters. The zero-order valence-corrected chi connectivity index (χ0v) is 12.1. The Morgan fingerprint density at radius 1 is 1.15 bits per heavy atom. The summed E-state index contributed by atoms with van der Waals surface area (Å²) in [6, 6.07) is 9.57. The second-order valence-electron chi connectivity index (χ2n) is 3.83. The fourth-order valence-electron chi connectivity index (χ4n) is 1.46. The molecule has 2 aromatic rings. The Morgan fingerprint density at radius 3 is 2.40 bits per heavy atom. The molecule has 0 spiro atoms. The molecule has 0 N–H and O–H groups in total. The molecule has 1 heterocycles. The highest BCUT2D eigenvalue weighted by Crippen LogP contribution is 2.16. The highest BCUT2D eigenvalue weighted by Gasteiger charge is 2.14. The van der Waals surface area contributed by atoms with Gasteiger partial charge in [0.25, 0.3) is 0 Å². The van der Waals surface area contributed by atoms with Crippen molar-refractivity contribution >= 4 is 21.6 Å². The van der Waals surface area contributed by atoms with E-state index in [2.05, 4.69) is 9.97 Å². The molecule has 0 aliphatic rings. The molecule has 0 atom stereocenters. The van der Waals surface area contributed by atoms with Crippen LogP contribution in [-0.4, -0.2) is 29.9 Å². The van der Waals surface area contributed by atoms with E-state index in [9.17, 15) is 8.42 Å². The first-order valence-electron chi connectivity index (χ1n) is 5.74. The maximum atomic E-state index is 12.1. The third-order valence-corrected chi connectivity index (χ3v) is 5.34. The highest BCUT2D eigenvalue weighted by atomic mass is 32.2. The lowest BCUT2D eigenvalue weighted by atomic mass is 10.2. The Bertz CT molecular complexity index is 708. The smallest absolute Gasteiger partial charge is 0.187 e. The molecule has 1 aromatic carbocycles. The Balaban J connectivity index is 1.99. The number of thioether (sulfide) groups is 1. The molecule has 0 saturated heterocycles. The maximum absolute atomic E-state index is 12.1. The third kappa shape index (κ3) is 3.79.